The molecule has 16 heavy (non-hydrogen) atoms. The van der Waals surface area contributed by atoms with Crippen molar-refractivity contribution >= 4 is 28.6 Å². The van der Waals surface area contributed by atoms with Gasteiger partial charge >= 0.3 is 11.9 Å². The van der Waals surface area contributed by atoms with Crippen LogP contribution in [0.25, 0.3) is 0 Å². The second-order valence-corrected chi connectivity index (χ2v) is 3.56. The highest BCUT2D eigenvalue weighted by Gasteiger charge is 2.18. The van der Waals surface area contributed by atoms with Gasteiger partial charge in [-0.05, 0) is 12.1 Å². The van der Waals surface area contributed by atoms with E-state index < -0.39 is 39.4 Å². The summed E-state index contributed by atoms with van der Waals surface area (Å²) in [5, 5.41) is 9.98. The molecule has 86 valence electrons. The summed E-state index contributed by atoms with van der Waals surface area (Å²) >= 11 is -2.53. The number of nitrogens with one attached hydrogen (secondary N) is 1. The van der Waals surface area contributed by atoms with Crippen LogP contribution in [0, 0.1) is 5.82 Å². The quantitative estimate of drug-likeness (QED) is 0.519. The number of carboxylic acid groups (broad SMARTS) is 1. The summed E-state index contributed by atoms with van der Waals surface area (Å²) in [6.45, 7) is 0. The van der Waals surface area contributed by atoms with E-state index in [2.05, 4.69) is 0 Å². The molecule has 0 fully saturated rings. The van der Waals surface area contributed by atoms with E-state index in [0.29, 0.717) is 0 Å². The number of halogens is 1. The number of carbonyl (C=O) groups is 2. The van der Waals surface area contributed by atoms with Gasteiger partial charge in [0, 0.05) is 0 Å². The van der Waals surface area contributed by atoms with Crippen LogP contribution in [-0.4, -0.2) is 25.7 Å². The lowest BCUT2D eigenvalue weighted by atomic mass is 10.3. The Morgan fingerprint density at radius 2 is 2.00 bits per heavy atom. The van der Waals surface area contributed by atoms with E-state index in [-0.39, 0.29) is 0 Å². The van der Waals surface area contributed by atoms with Crippen LogP contribution in [0.3, 0.4) is 0 Å². The number of hydrogen-bond donors (Lipinski definition) is 3. The smallest absolute Gasteiger partial charge is 0.394 e. The summed E-state index contributed by atoms with van der Waals surface area (Å²) in [5.41, 5.74) is -0.615. The van der Waals surface area contributed by atoms with Gasteiger partial charge in [0.05, 0.1) is 10.6 Å². The fourth-order valence-electron chi connectivity index (χ4n) is 0.938. The maximum absolute atomic E-state index is 13.2. The monoisotopic (exact) mass is 247 g/mol. The van der Waals surface area contributed by atoms with E-state index in [1.54, 1.807) is 5.32 Å². The average molecular weight is 247 g/mol. The van der Waals surface area contributed by atoms with Gasteiger partial charge in [0.15, 0.2) is 11.1 Å². The molecule has 1 aromatic rings. The second kappa shape index (κ2) is 4.81. The Morgan fingerprint density at radius 1 is 1.38 bits per heavy atom. The molecule has 1 atom stereocenters. The Balaban J connectivity index is 3.16. The number of aliphatic carboxylic acids is 1. The van der Waals surface area contributed by atoms with Crippen molar-refractivity contribution in [3.63, 3.8) is 0 Å². The van der Waals surface area contributed by atoms with Crippen LogP contribution < -0.4 is 5.32 Å². The zero-order valence-corrected chi connectivity index (χ0v) is 8.45. The lowest BCUT2D eigenvalue weighted by Gasteiger charge is -2.07. The fourth-order valence-corrected chi connectivity index (χ4v) is 1.46. The van der Waals surface area contributed by atoms with Gasteiger partial charge in [-0.1, -0.05) is 6.07 Å². The van der Waals surface area contributed by atoms with Crippen LogP contribution in [0.1, 0.15) is 0 Å². The van der Waals surface area contributed by atoms with Gasteiger partial charge in [-0.2, -0.15) is 0 Å². The van der Waals surface area contributed by atoms with Gasteiger partial charge in [0.25, 0.3) is 0 Å². The Hall–Kier alpha value is -1.80. The maximum Gasteiger partial charge on any atom is 0.394 e. The van der Waals surface area contributed by atoms with Gasteiger partial charge in [-0.3, -0.25) is 4.79 Å². The summed E-state index contributed by atoms with van der Waals surface area (Å²) < 4.78 is 32.7. The number of hydrogen-bond acceptors (Lipinski definition) is 3. The zero-order valence-electron chi connectivity index (χ0n) is 7.64. The van der Waals surface area contributed by atoms with Gasteiger partial charge in [-0.15, -0.1) is 0 Å². The third-order valence-corrected chi connectivity index (χ3v) is 2.31. The highest BCUT2D eigenvalue weighted by atomic mass is 32.2. The van der Waals surface area contributed by atoms with Crippen LogP contribution in [0.5, 0.6) is 0 Å². The fraction of sp³-hybridized carbons (Fsp3) is 0. The molecule has 0 aliphatic carbocycles. The third-order valence-electron chi connectivity index (χ3n) is 1.60. The van der Waals surface area contributed by atoms with Crippen molar-refractivity contribution in [3.8, 4) is 0 Å². The summed E-state index contributed by atoms with van der Waals surface area (Å²) in [5.74, 6) is -4.30. The van der Waals surface area contributed by atoms with Crippen LogP contribution in [0.15, 0.2) is 23.1 Å². The predicted octanol–water partition coefficient (Wildman–Crippen LogP) is 0.429. The zero-order chi connectivity index (χ0) is 12.3. The number of anilines is 1. The minimum absolute atomic E-state index is 0.408. The Kier molecular flexibility index (Phi) is 3.69. The van der Waals surface area contributed by atoms with Crippen molar-refractivity contribution in [1.82, 2.24) is 0 Å². The molecular formula is C8H6FNO5S. The molecule has 8 heteroatoms. The Bertz CT molecular complexity index is 475. The molecule has 0 bridgehead atoms. The van der Waals surface area contributed by atoms with Crippen LogP contribution >= 0.6 is 0 Å². The molecular weight excluding hydrogens is 241 g/mol. The van der Waals surface area contributed by atoms with E-state index in [0.717, 1.165) is 18.2 Å². The number of amides is 1. The summed E-state index contributed by atoms with van der Waals surface area (Å²) in [6.07, 6.45) is 0. The first-order valence-corrected chi connectivity index (χ1v) is 4.97. The number of benzene rings is 1. The summed E-state index contributed by atoms with van der Waals surface area (Å²) in [7, 11) is 0. The molecule has 6 nitrogen and oxygen atoms in total. The topological polar surface area (TPSA) is 104 Å². The highest BCUT2D eigenvalue weighted by Crippen LogP contribution is 2.22. The molecule has 0 saturated heterocycles. The van der Waals surface area contributed by atoms with Crippen LogP contribution in [-0.2, 0) is 20.7 Å². The minimum Gasteiger partial charge on any atom is -0.474 e. The van der Waals surface area contributed by atoms with Gasteiger partial charge in [0.1, 0.15) is 5.82 Å². The van der Waals surface area contributed by atoms with E-state index in [1.165, 1.54) is 0 Å². The highest BCUT2D eigenvalue weighted by molar-refractivity contribution is 7.79. The number of rotatable bonds is 2. The third kappa shape index (κ3) is 2.61. The number of carboxylic acids is 1. The minimum atomic E-state index is -2.53. The van der Waals surface area contributed by atoms with Gasteiger partial charge < -0.3 is 15.0 Å². The van der Waals surface area contributed by atoms with Crippen molar-refractivity contribution < 1.29 is 27.8 Å². The first-order valence-electron chi connectivity index (χ1n) is 3.87. The molecule has 0 saturated carbocycles. The molecule has 1 aromatic carbocycles. The molecule has 0 aliphatic rings. The van der Waals surface area contributed by atoms with Gasteiger partial charge in [-0.25, -0.2) is 13.4 Å². The first kappa shape index (κ1) is 12.3. The normalized spacial score (nSPS) is 11.9. The summed E-state index contributed by atoms with van der Waals surface area (Å²) in [6, 6.07) is 3.18. The van der Waals surface area contributed by atoms with Gasteiger partial charge in [0.2, 0.25) is 0 Å². The molecule has 0 radical (unpaired) electrons. The van der Waals surface area contributed by atoms with E-state index in [1.807, 2.05) is 0 Å². The van der Waals surface area contributed by atoms with Crippen molar-refractivity contribution in [2.75, 3.05) is 5.32 Å². The van der Waals surface area contributed by atoms with Crippen molar-refractivity contribution in [2.45, 2.75) is 4.90 Å². The lowest BCUT2D eigenvalue weighted by Crippen LogP contribution is -2.23. The first-order chi connectivity index (χ1) is 7.43. The lowest BCUT2D eigenvalue weighted by molar-refractivity contribution is -0.147. The van der Waals surface area contributed by atoms with E-state index in [4.69, 9.17) is 9.66 Å². The van der Waals surface area contributed by atoms with Crippen molar-refractivity contribution in [3.05, 3.63) is 24.0 Å². The molecule has 1 unspecified atom stereocenters. The van der Waals surface area contributed by atoms with E-state index in [9.17, 15) is 18.2 Å². The molecule has 3 N–H and O–H groups in total. The molecule has 0 aromatic heterocycles. The largest absolute Gasteiger partial charge is 0.474 e. The van der Waals surface area contributed by atoms with Crippen molar-refractivity contribution in [2.24, 2.45) is 0 Å². The maximum atomic E-state index is 13.2. The Morgan fingerprint density at radius 3 is 2.50 bits per heavy atom. The summed E-state index contributed by atoms with van der Waals surface area (Å²) in [4.78, 5) is 20.6. The predicted molar refractivity (Wildman–Crippen MR) is 51.7 cm³/mol. The van der Waals surface area contributed by atoms with Crippen molar-refractivity contribution in [1.29, 1.82) is 0 Å². The second-order valence-electron chi connectivity index (χ2n) is 2.62. The SMILES string of the molecule is O=C(O)C(=O)Nc1c(F)cccc1S(=O)O. The van der Waals surface area contributed by atoms with Crippen LogP contribution in [0.2, 0.25) is 0 Å². The Labute approximate surface area is 91.4 Å². The molecule has 1 amide bonds. The molecule has 0 heterocycles. The average Bonchev–Trinajstić information content (AvgIpc) is 2.20. The molecule has 1 rings (SSSR count). The number of carbonyl (C=O) groups excluding carboxylic acids is 1. The molecule has 0 spiro atoms. The van der Waals surface area contributed by atoms with Crippen LogP contribution in [0.4, 0.5) is 10.1 Å². The number of para-hydroxylation sites is 1. The van der Waals surface area contributed by atoms with E-state index >= 15 is 0 Å². The molecule has 0 aliphatic heterocycles. The standard InChI is InChI=1S/C8H6FNO5S/c9-4-2-1-3-5(16(14)15)6(4)10-7(11)8(12)13/h1-3H,(H,10,11)(H,12,13)(H,14,15).